The van der Waals surface area contributed by atoms with Crippen LogP contribution in [-0.2, 0) is 16.2 Å². The molecule has 0 heterocycles. The first-order valence-electron chi connectivity index (χ1n) is 0.805. The van der Waals surface area contributed by atoms with Crippen LogP contribution in [0, 0.1) is 0 Å². The zero-order valence-corrected chi connectivity index (χ0v) is 7.73. The molecule has 1 atom stereocenters. The van der Waals surface area contributed by atoms with E-state index in [1.165, 1.54) is 0 Å². The van der Waals surface area contributed by atoms with Gasteiger partial charge in [-0.15, -0.1) is 0 Å². The molecule has 0 aliphatic carbocycles. The number of carbonyl (C=O) groups is 1. The van der Waals surface area contributed by atoms with E-state index < -0.39 is 11.4 Å². The Bertz CT molecular complexity index is 47.3. The van der Waals surface area contributed by atoms with Crippen molar-refractivity contribution in [3.05, 3.63) is 0 Å². The van der Waals surface area contributed by atoms with Crippen molar-refractivity contribution in [2.24, 2.45) is 0 Å². The van der Waals surface area contributed by atoms with E-state index in [-0.39, 0.29) is 80.9 Å². The molecule has 0 aromatic heterocycles. The predicted octanol–water partition coefficient (Wildman–Crippen LogP) is -4.49. The zero-order chi connectivity index (χ0) is 5.58. The molecule has 4 nitrogen and oxygen atoms in total. The fraction of sp³-hybridized carbons (Fsp3) is 0. The molecule has 0 fully saturated rings. The van der Waals surface area contributed by atoms with Crippen LogP contribution in [0.4, 0.5) is 0 Å². The summed E-state index contributed by atoms with van der Waals surface area (Å²) in [7, 11) is 0. The van der Waals surface area contributed by atoms with Crippen LogP contribution >= 0.6 is 0 Å². The van der Waals surface area contributed by atoms with Crippen molar-refractivity contribution in [2.75, 3.05) is 0 Å². The average Bonchev–Trinajstić information content (AvgIpc) is 1.41. The normalized spacial score (nSPS) is 8.25. The van der Waals surface area contributed by atoms with Crippen LogP contribution in [0.25, 0.3) is 0 Å². The van der Waals surface area contributed by atoms with Crippen LogP contribution in [0.3, 0.4) is 0 Å². The van der Waals surface area contributed by atoms with Gasteiger partial charge in [-0.2, -0.15) is 0 Å². The van der Waals surface area contributed by atoms with Gasteiger partial charge in [0, 0.05) is 0 Å². The van der Waals surface area contributed by atoms with Crippen molar-refractivity contribution in [2.45, 2.75) is 0 Å². The SMILES string of the molecule is C=O.O=S([O-])O.[K+].[NaH]. The van der Waals surface area contributed by atoms with Crippen LogP contribution < -0.4 is 51.4 Å². The van der Waals surface area contributed by atoms with Gasteiger partial charge in [-0.1, -0.05) is 0 Å². The first kappa shape index (κ1) is 22.4. The van der Waals surface area contributed by atoms with Gasteiger partial charge in [-0.05, 0) is 0 Å². The Morgan fingerprint density at radius 1 is 1.50 bits per heavy atom. The molecule has 0 saturated heterocycles. The number of carbonyl (C=O) groups excluding carboxylic acids is 1. The van der Waals surface area contributed by atoms with Crippen molar-refractivity contribution >= 4 is 47.7 Å². The maximum absolute atomic E-state index is 8.56. The molecule has 1 N–H and O–H groups in total. The van der Waals surface area contributed by atoms with Gasteiger partial charge in [-0.25, -0.2) is 4.21 Å². The van der Waals surface area contributed by atoms with E-state index in [9.17, 15) is 0 Å². The quantitative estimate of drug-likeness (QED) is 0.296. The summed E-state index contributed by atoms with van der Waals surface area (Å²) in [4.78, 5) is 8.00. The number of hydrogen-bond acceptors (Lipinski definition) is 3. The summed E-state index contributed by atoms with van der Waals surface area (Å²) in [6.45, 7) is 2.00. The van der Waals surface area contributed by atoms with Gasteiger partial charge in [0.2, 0.25) is 0 Å². The Morgan fingerprint density at radius 3 is 1.50 bits per heavy atom. The third-order valence-corrected chi connectivity index (χ3v) is 0. The standard InChI is InChI=1S/CH2O.K.Na.H2O3S.H/c1-2;;;1-4(2)3;/h1H2;;;(H2,1,2,3);/q;+1;;;/p-1. The molecule has 1 unspecified atom stereocenters. The fourth-order valence-electron chi connectivity index (χ4n) is 0. The first-order valence-corrected chi connectivity index (χ1v) is 1.84. The molecule has 0 bridgehead atoms. The van der Waals surface area contributed by atoms with Crippen molar-refractivity contribution in [3.63, 3.8) is 0 Å². The summed E-state index contributed by atoms with van der Waals surface area (Å²) in [5.41, 5.74) is 0. The maximum atomic E-state index is 8.56. The van der Waals surface area contributed by atoms with E-state index in [0.717, 1.165) is 0 Å². The Labute approximate surface area is 115 Å². The van der Waals surface area contributed by atoms with E-state index >= 15 is 0 Å². The second kappa shape index (κ2) is 22.8. The van der Waals surface area contributed by atoms with Gasteiger partial charge in [0.25, 0.3) is 0 Å². The second-order valence-corrected chi connectivity index (χ2v) is 0.651. The third-order valence-electron chi connectivity index (χ3n) is 0. The Hall–Kier alpha value is 2.38. The molecule has 0 aromatic carbocycles. The molecule has 0 saturated carbocycles. The van der Waals surface area contributed by atoms with Crippen LogP contribution in [-0.4, -0.2) is 49.7 Å². The molecule has 7 heteroatoms. The Kier molecular flexibility index (Phi) is 63.8. The topological polar surface area (TPSA) is 77.4 Å². The van der Waals surface area contributed by atoms with E-state index in [0.29, 0.717) is 0 Å². The minimum atomic E-state index is -2.86. The molecular formula is CH4KNaO4S. The van der Waals surface area contributed by atoms with E-state index in [1.807, 2.05) is 6.79 Å². The average molecular weight is 174 g/mol. The summed E-state index contributed by atoms with van der Waals surface area (Å²) in [5, 5.41) is 0. The van der Waals surface area contributed by atoms with Crippen LogP contribution in [0.5, 0.6) is 0 Å². The van der Waals surface area contributed by atoms with E-state index in [1.54, 1.807) is 0 Å². The molecule has 40 valence electrons. The number of rotatable bonds is 0. The second-order valence-electron chi connectivity index (χ2n) is 0.217. The molecule has 0 rings (SSSR count). The van der Waals surface area contributed by atoms with Crippen molar-refractivity contribution in [3.8, 4) is 0 Å². The summed E-state index contributed by atoms with van der Waals surface area (Å²) in [5.74, 6) is 0. The van der Waals surface area contributed by atoms with E-state index in [2.05, 4.69) is 0 Å². The van der Waals surface area contributed by atoms with Gasteiger partial charge >= 0.3 is 80.9 Å². The van der Waals surface area contributed by atoms with Gasteiger partial charge < -0.3 is 13.9 Å². The summed E-state index contributed by atoms with van der Waals surface area (Å²) < 4.78 is 24.1. The third kappa shape index (κ3) is 80.7. The van der Waals surface area contributed by atoms with Gasteiger partial charge in [-0.3, -0.25) is 0 Å². The minimum absolute atomic E-state index is 0. The predicted molar refractivity (Wildman–Crippen MR) is 25.8 cm³/mol. The zero-order valence-electron chi connectivity index (χ0n) is 3.79. The molecule has 8 heavy (non-hydrogen) atoms. The van der Waals surface area contributed by atoms with Gasteiger partial charge in [0.1, 0.15) is 6.79 Å². The Morgan fingerprint density at radius 2 is 1.50 bits per heavy atom. The molecule has 0 radical (unpaired) electrons. The monoisotopic (exact) mass is 174 g/mol. The molecule has 0 spiro atoms. The van der Waals surface area contributed by atoms with E-state index in [4.69, 9.17) is 18.1 Å². The molecule has 0 aliphatic rings. The van der Waals surface area contributed by atoms with Crippen molar-refractivity contribution in [1.82, 2.24) is 0 Å². The van der Waals surface area contributed by atoms with Crippen LogP contribution in [0.15, 0.2) is 0 Å². The van der Waals surface area contributed by atoms with Crippen LogP contribution in [0.1, 0.15) is 0 Å². The first-order chi connectivity index (χ1) is 2.73. The van der Waals surface area contributed by atoms with Gasteiger partial charge in [0.15, 0.2) is 0 Å². The van der Waals surface area contributed by atoms with Crippen molar-refractivity contribution in [1.29, 1.82) is 0 Å². The summed E-state index contributed by atoms with van der Waals surface area (Å²) >= 11 is -2.86. The molecule has 0 aromatic rings. The molecular weight excluding hydrogens is 170 g/mol. The van der Waals surface area contributed by atoms with Gasteiger partial charge in [0.05, 0.1) is 11.4 Å². The summed E-state index contributed by atoms with van der Waals surface area (Å²) in [6, 6.07) is 0. The summed E-state index contributed by atoms with van der Waals surface area (Å²) in [6.07, 6.45) is 0. The molecule has 0 amide bonds. The number of hydrogen-bond donors (Lipinski definition) is 1. The van der Waals surface area contributed by atoms with Crippen molar-refractivity contribution < 1.29 is 69.5 Å². The molecule has 0 aliphatic heterocycles. The van der Waals surface area contributed by atoms with Crippen LogP contribution in [0.2, 0.25) is 0 Å². The Balaban J connectivity index is -0.0000000183. The fourth-order valence-corrected chi connectivity index (χ4v) is 0.